The number of aliphatic hydroxyl groups is 3. The number of aliphatic carboxylic acids is 1. The maximum absolute atomic E-state index is 10.3. The summed E-state index contributed by atoms with van der Waals surface area (Å²) in [6, 6.07) is 3.43. The van der Waals surface area contributed by atoms with Gasteiger partial charge < -0.3 is 20.4 Å². The average Bonchev–Trinajstić information content (AvgIpc) is 2.56. The lowest BCUT2D eigenvalue weighted by atomic mass is 10.0. The van der Waals surface area contributed by atoms with Crippen LogP contribution in [-0.4, -0.2) is 82.0 Å². The Labute approximate surface area is 139 Å². The second-order valence-corrected chi connectivity index (χ2v) is 6.47. The summed E-state index contributed by atoms with van der Waals surface area (Å²) in [6.45, 7) is -1.98. The maximum Gasteiger partial charge on any atom is 0.317 e. The van der Waals surface area contributed by atoms with E-state index in [0.717, 1.165) is 5.56 Å². The van der Waals surface area contributed by atoms with Gasteiger partial charge in [-0.2, -0.15) is 8.42 Å². The van der Waals surface area contributed by atoms with E-state index in [2.05, 4.69) is 10.3 Å². The number of nitrogens with one attached hydrogen (secondary N) is 1. The SMILES string of the molecule is O=C(O)CNC(CO)(CO)CO.O=S(=O)(O)CCc1ccncc1. The third-order valence-corrected chi connectivity index (χ3v) is 3.64. The molecule has 1 rings (SSSR count). The number of nitrogens with zero attached hydrogens (tertiary/aromatic N) is 1. The topological polar surface area (TPSA) is 177 Å². The van der Waals surface area contributed by atoms with Crippen molar-refractivity contribution in [3.05, 3.63) is 30.1 Å². The number of carboxylic acid groups (broad SMARTS) is 1. The van der Waals surface area contributed by atoms with Crippen LogP contribution in [0.25, 0.3) is 0 Å². The first-order valence-electron chi connectivity index (χ1n) is 6.81. The fourth-order valence-corrected chi connectivity index (χ4v) is 1.87. The highest BCUT2D eigenvalue weighted by molar-refractivity contribution is 7.85. The van der Waals surface area contributed by atoms with Crippen molar-refractivity contribution in [3.63, 3.8) is 0 Å². The second-order valence-electron chi connectivity index (χ2n) is 4.89. The van der Waals surface area contributed by atoms with Gasteiger partial charge in [-0.05, 0) is 24.1 Å². The van der Waals surface area contributed by atoms with Crippen LogP contribution in [0, 0.1) is 0 Å². The number of rotatable bonds is 9. The fourth-order valence-electron chi connectivity index (χ4n) is 1.38. The smallest absolute Gasteiger partial charge is 0.317 e. The molecule has 0 aromatic carbocycles. The van der Waals surface area contributed by atoms with Gasteiger partial charge in [-0.3, -0.25) is 19.6 Å². The molecule has 138 valence electrons. The van der Waals surface area contributed by atoms with E-state index in [9.17, 15) is 13.2 Å². The number of pyridine rings is 1. The molecule has 10 nitrogen and oxygen atoms in total. The molecule has 0 atom stereocenters. The zero-order valence-electron chi connectivity index (χ0n) is 12.9. The van der Waals surface area contributed by atoms with E-state index in [1.165, 1.54) is 0 Å². The van der Waals surface area contributed by atoms with Crippen molar-refractivity contribution in [1.82, 2.24) is 10.3 Å². The van der Waals surface area contributed by atoms with Gasteiger partial charge in [0, 0.05) is 12.4 Å². The van der Waals surface area contributed by atoms with Crippen LogP contribution in [0.2, 0.25) is 0 Å². The molecule has 0 aliphatic rings. The normalized spacial score (nSPS) is 11.5. The van der Waals surface area contributed by atoms with Gasteiger partial charge in [0.1, 0.15) is 0 Å². The molecule has 1 heterocycles. The van der Waals surface area contributed by atoms with E-state index in [0.29, 0.717) is 6.42 Å². The first kappa shape index (κ1) is 22.4. The Kier molecular flexibility index (Phi) is 10.3. The first-order valence-corrected chi connectivity index (χ1v) is 8.42. The molecule has 0 saturated carbocycles. The third kappa shape index (κ3) is 10.2. The lowest BCUT2D eigenvalue weighted by Crippen LogP contribution is -2.56. The number of aliphatic hydroxyl groups excluding tert-OH is 3. The van der Waals surface area contributed by atoms with Crippen molar-refractivity contribution in [2.45, 2.75) is 12.0 Å². The number of aromatic nitrogens is 1. The van der Waals surface area contributed by atoms with Crippen LogP contribution < -0.4 is 5.32 Å². The Morgan fingerprint density at radius 1 is 1.12 bits per heavy atom. The number of hydrogen-bond donors (Lipinski definition) is 6. The fraction of sp³-hybridized carbons (Fsp3) is 0.538. The number of carbonyl (C=O) groups is 1. The van der Waals surface area contributed by atoms with Crippen LogP contribution in [0.4, 0.5) is 0 Å². The summed E-state index contributed by atoms with van der Waals surface area (Å²) < 4.78 is 29.1. The molecular weight excluding hydrogens is 344 g/mol. The van der Waals surface area contributed by atoms with Gasteiger partial charge in [-0.15, -0.1) is 0 Å². The molecule has 6 N–H and O–H groups in total. The van der Waals surface area contributed by atoms with Crippen molar-refractivity contribution in [1.29, 1.82) is 0 Å². The predicted molar refractivity (Wildman–Crippen MR) is 84.0 cm³/mol. The largest absolute Gasteiger partial charge is 0.480 e. The molecule has 1 aromatic rings. The van der Waals surface area contributed by atoms with Crippen LogP contribution in [0.5, 0.6) is 0 Å². The molecule has 0 unspecified atom stereocenters. The molecule has 0 fully saturated rings. The van der Waals surface area contributed by atoms with E-state index < -0.39 is 48.0 Å². The van der Waals surface area contributed by atoms with Gasteiger partial charge in [0.05, 0.1) is 37.7 Å². The monoisotopic (exact) mass is 366 g/mol. The van der Waals surface area contributed by atoms with Crippen LogP contribution >= 0.6 is 0 Å². The highest BCUT2D eigenvalue weighted by Gasteiger charge is 2.27. The third-order valence-electron chi connectivity index (χ3n) is 2.92. The lowest BCUT2D eigenvalue weighted by Gasteiger charge is -2.27. The second kappa shape index (κ2) is 11.0. The standard InChI is InChI=1S/C7H9NO3S.C6H13NO5/c9-12(10,11)6-3-7-1-4-8-5-2-7;8-2-6(3-9,4-10)7-1-5(11)12/h1-2,4-5H,3,6H2,(H,9,10,11);7-10H,1-4H2,(H,11,12). The molecule has 11 heteroatoms. The summed E-state index contributed by atoms with van der Waals surface area (Å²) in [4.78, 5) is 13.9. The Bertz CT molecular complexity index is 567. The number of hydrogen-bond acceptors (Lipinski definition) is 8. The summed E-state index contributed by atoms with van der Waals surface area (Å²) in [7, 11) is -3.84. The zero-order valence-corrected chi connectivity index (χ0v) is 13.7. The quantitative estimate of drug-likeness (QED) is 0.265. The zero-order chi connectivity index (χ0) is 18.6. The van der Waals surface area contributed by atoms with E-state index in [1.807, 2.05) is 0 Å². The summed E-state index contributed by atoms with van der Waals surface area (Å²) >= 11 is 0. The lowest BCUT2D eigenvalue weighted by molar-refractivity contribution is -0.136. The van der Waals surface area contributed by atoms with Crippen molar-refractivity contribution >= 4 is 16.1 Å². The highest BCUT2D eigenvalue weighted by Crippen LogP contribution is 2.00. The van der Waals surface area contributed by atoms with Crippen molar-refractivity contribution in [2.75, 3.05) is 32.1 Å². The predicted octanol–water partition coefficient (Wildman–Crippen LogP) is -2.11. The molecule has 0 spiro atoms. The molecular formula is C13H22N2O8S. The summed E-state index contributed by atoms with van der Waals surface area (Å²) in [5, 5.41) is 36.7. The minimum absolute atomic E-state index is 0.239. The minimum Gasteiger partial charge on any atom is -0.480 e. The molecule has 0 aliphatic heterocycles. The van der Waals surface area contributed by atoms with Gasteiger partial charge in [-0.1, -0.05) is 0 Å². The molecule has 0 amide bonds. The molecule has 0 saturated heterocycles. The summed E-state index contributed by atoms with van der Waals surface area (Å²) in [5.74, 6) is -1.36. The molecule has 0 aliphatic carbocycles. The highest BCUT2D eigenvalue weighted by atomic mass is 32.2. The van der Waals surface area contributed by atoms with E-state index in [4.69, 9.17) is 25.0 Å². The molecule has 24 heavy (non-hydrogen) atoms. The van der Waals surface area contributed by atoms with E-state index in [1.54, 1.807) is 24.5 Å². The minimum atomic E-state index is -3.84. The van der Waals surface area contributed by atoms with Gasteiger partial charge in [0.15, 0.2) is 0 Å². The van der Waals surface area contributed by atoms with Crippen molar-refractivity contribution in [3.8, 4) is 0 Å². The maximum atomic E-state index is 10.3. The van der Waals surface area contributed by atoms with Gasteiger partial charge in [0.25, 0.3) is 10.1 Å². The van der Waals surface area contributed by atoms with Gasteiger partial charge in [0.2, 0.25) is 0 Å². The Balaban J connectivity index is 0.000000441. The van der Waals surface area contributed by atoms with E-state index in [-0.39, 0.29) is 5.75 Å². The van der Waals surface area contributed by atoms with Crippen LogP contribution in [0.15, 0.2) is 24.5 Å². The molecule has 0 radical (unpaired) electrons. The van der Waals surface area contributed by atoms with Crippen molar-refractivity contribution in [2.24, 2.45) is 0 Å². The van der Waals surface area contributed by atoms with Crippen LogP contribution in [0.1, 0.15) is 5.56 Å². The van der Waals surface area contributed by atoms with Crippen LogP contribution in [-0.2, 0) is 21.3 Å². The summed E-state index contributed by atoms with van der Waals surface area (Å²) in [5.41, 5.74) is -0.457. The average molecular weight is 366 g/mol. The first-order chi connectivity index (χ1) is 11.2. The number of aryl methyl sites for hydroxylation is 1. The van der Waals surface area contributed by atoms with E-state index >= 15 is 0 Å². The molecule has 1 aromatic heterocycles. The summed E-state index contributed by atoms with van der Waals surface area (Å²) in [6.07, 6.45) is 3.49. The van der Waals surface area contributed by atoms with Crippen molar-refractivity contribution < 1.29 is 38.2 Å². The Morgan fingerprint density at radius 2 is 1.62 bits per heavy atom. The molecule has 0 bridgehead atoms. The number of carboxylic acids is 1. The van der Waals surface area contributed by atoms with Crippen LogP contribution in [0.3, 0.4) is 0 Å². The van der Waals surface area contributed by atoms with Gasteiger partial charge in [-0.25, -0.2) is 0 Å². The van der Waals surface area contributed by atoms with Gasteiger partial charge >= 0.3 is 5.97 Å². The Morgan fingerprint density at radius 3 is 2.00 bits per heavy atom. The Hall–Kier alpha value is -1.63.